The molecule has 0 amide bonds. The third-order valence-electron chi connectivity index (χ3n) is 3.29. The molecule has 1 unspecified atom stereocenters. The van der Waals surface area contributed by atoms with Gasteiger partial charge in [-0.25, -0.2) is 0 Å². The average Bonchev–Trinajstić information content (AvgIpc) is 2.16. The lowest BCUT2D eigenvalue weighted by Gasteiger charge is -2.50. The molecule has 3 saturated heterocycles. The van der Waals surface area contributed by atoms with Crippen LogP contribution in [0.1, 0.15) is 33.1 Å². The van der Waals surface area contributed by atoms with E-state index in [1.807, 2.05) is 0 Å². The van der Waals surface area contributed by atoms with Crippen LogP contribution in [0.3, 0.4) is 0 Å². The van der Waals surface area contributed by atoms with Gasteiger partial charge in [0, 0.05) is 6.92 Å². The molecule has 1 atom stereocenters. The molecule has 2 bridgehead atoms. The van der Waals surface area contributed by atoms with E-state index < -0.39 is 0 Å². The summed E-state index contributed by atoms with van der Waals surface area (Å²) >= 11 is 1.35. The minimum Gasteiger partial charge on any atom is -0.390 e. The number of hydrogen-bond acceptors (Lipinski definition) is 4. The van der Waals surface area contributed by atoms with Crippen molar-refractivity contribution in [1.82, 2.24) is 4.90 Å². The first-order valence-electron chi connectivity index (χ1n) is 5.21. The Morgan fingerprint density at radius 1 is 1.50 bits per heavy atom. The normalized spacial score (nSPS) is 41.0. The summed E-state index contributed by atoms with van der Waals surface area (Å²) < 4.78 is 5.07. The van der Waals surface area contributed by atoms with Gasteiger partial charge in [-0.05, 0) is 45.2 Å². The minimum absolute atomic E-state index is 0.0346. The smallest absolute Gasteiger partial charge is 0.314 e. The molecule has 0 aromatic carbocycles. The zero-order chi connectivity index (χ0) is 10.2. The summed E-state index contributed by atoms with van der Waals surface area (Å²) in [6.07, 6.45) is 3.79. The molecular formula is C10H17NO2S. The molecule has 0 spiro atoms. The van der Waals surface area contributed by atoms with Gasteiger partial charge < -0.3 is 4.18 Å². The van der Waals surface area contributed by atoms with E-state index in [-0.39, 0.29) is 10.8 Å². The summed E-state index contributed by atoms with van der Waals surface area (Å²) in [4.78, 5) is 13.3. The Hall–Kier alpha value is -0.220. The third-order valence-corrected chi connectivity index (χ3v) is 4.39. The van der Waals surface area contributed by atoms with Crippen LogP contribution in [0.25, 0.3) is 0 Å². The average molecular weight is 215 g/mol. The topological polar surface area (TPSA) is 29.5 Å². The van der Waals surface area contributed by atoms with Crippen molar-refractivity contribution in [3.63, 3.8) is 0 Å². The van der Waals surface area contributed by atoms with Gasteiger partial charge in [0.05, 0.1) is 12.0 Å². The monoisotopic (exact) mass is 215 g/mol. The summed E-state index contributed by atoms with van der Waals surface area (Å²) in [5.74, 6) is 0.645. The molecule has 0 saturated carbocycles. The van der Waals surface area contributed by atoms with Crippen LogP contribution < -0.4 is 0 Å². The van der Waals surface area contributed by atoms with Crippen LogP contribution in [0.5, 0.6) is 0 Å². The predicted molar refractivity (Wildman–Crippen MR) is 56.7 cm³/mol. The van der Waals surface area contributed by atoms with Gasteiger partial charge in [0.2, 0.25) is 0 Å². The van der Waals surface area contributed by atoms with Crippen LogP contribution in [0.4, 0.5) is 0 Å². The lowest BCUT2D eigenvalue weighted by molar-refractivity contribution is -0.130. The van der Waals surface area contributed by atoms with Gasteiger partial charge in [-0.15, -0.1) is 0 Å². The second kappa shape index (κ2) is 3.74. The largest absolute Gasteiger partial charge is 0.390 e. The number of hydrogen-bond donors (Lipinski definition) is 0. The fraction of sp³-hybridized carbons (Fsp3) is 0.900. The molecule has 3 heterocycles. The molecule has 3 rings (SSSR count). The molecule has 80 valence electrons. The van der Waals surface area contributed by atoms with Gasteiger partial charge >= 0.3 is 5.97 Å². The number of piperidine rings is 3. The van der Waals surface area contributed by atoms with E-state index in [0.29, 0.717) is 0 Å². The first-order valence-corrected chi connectivity index (χ1v) is 5.95. The summed E-state index contributed by atoms with van der Waals surface area (Å²) in [7, 11) is 0. The SMILES string of the molecule is CC(=O)OSC1(C)CC2CCN1CC2. The van der Waals surface area contributed by atoms with Crippen LogP contribution in [-0.2, 0) is 8.98 Å². The molecule has 0 radical (unpaired) electrons. The van der Waals surface area contributed by atoms with Crippen LogP contribution in [0.2, 0.25) is 0 Å². The van der Waals surface area contributed by atoms with Crippen molar-refractivity contribution < 1.29 is 8.98 Å². The van der Waals surface area contributed by atoms with Crippen LogP contribution in [0.15, 0.2) is 0 Å². The van der Waals surface area contributed by atoms with Crippen molar-refractivity contribution in [1.29, 1.82) is 0 Å². The second-order valence-corrected chi connectivity index (χ2v) is 5.68. The zero-order valence-corrected chi connectivity index (χ0v) is 9.60. The maximum Gasteiger partial charge on any atom is 0.314 e. The van der Waals surface area contributed by atoms with Gasteiger partial charge in [-0.2, -0.15) is 0 Å². The molecule has 14 heavy (non-hydrogen) atoms. The summed E-state index contributed by atoms with van der Waals surface area (Å²) in [6, 6.07) is 0. The Morgan fingerprint density at radius 3 is 2.57 bits per heavy atom. The number of carbonyl (C=O) groups excluding carboxylic acids is 1. The fourth-order valence-corrected chi connectivity index (χ4v) is 3.40. The summed E-state index contributed by atoms with van der Waals surface area (Å²) in [6.45, 7) is 5.98. The Morgan fingerprint density at radius 2 is 2.14 bits per heavy atom. The standard InChI is InChI=1S/C10H17NO2S/c1-8(12)13-14-10(2)7-9-3-5-11(10)6-4-9/h9H,3-7H2,1-2H3. The number of nitrogens with zero attached hydrogens (tertiary/aromatic N) is 1. The van der Waals surface area contributed by atoms with Gasteiger partial charge in [0.1, 0.15) is 4.87 Å². The highest BCUT2D eigenvalue weighted by Gasteiger charge is 2.44. The number of rotatable bonds is 2. The Kier molecular flexibility index (Phi) is 2.75. The quantitative estimate of drug-likeness (QED) is 0.659. The highest BCUT2D eigenvalue weighted by Crippen LogP contribution is 2.45. The Labute approximate surface area is 89.4 Å². The summed E-state index contributed by atoms with van der Waals surface area (Å²) in [5.41, 5.74) is 0. The first-order chi connectivity index (χ1) is 6.60. The molecule has 0 N–H and O–H groups in total. The van der Waals surface area contributed by atoms with Crippen molar-refractivity contribution in [2.45, 2.75) is 38.0 Å². The van der Waals surface area contributed by atoms with Crippen molar-refractivity contribution in [2.24, 2.45) is 5.92 Å². The number of fused-ring (bicyclic) bond motifs is 3. The molecule has 3 nitrogen and oxygen atoms in total. The van der Waals surface area contributed by atoms with E-state index in [0.717, 1.165) is 25.4 Å². The van der Waals surface area contributed by atoms with E-state index in [2.05, 4.69) is 11.8 Å². The lowest BCUT2D eigenvalue weighted by Crippen LogP contribution is -2.54. The van der Waals surface area contributed by atoms with E-state index in [1.54, 1.807) is 0 Å². The second-order valence-electron chi connectivity index (χ2n) is 4.47. The molecule has 0 aliphatic carbocycles. The molecule has 0 aromatic rings. The first kappa shape index (κ1) is 10.3. The zero-order valence-electron chi connectivity index (χ0n) is 8.78. The lowest BCUT2D eigenvalue weighted by atomic mass is 9.83. The fourth-order valence-electron chi connectivity index (χ4n) is 2.51. The minimum atomic E-state index is -0.195. The molecule has 3 fully saturated rings. The molecule has 3 aliphatic rings. The van der Waals surface area contributed by atoms with Gasteiger partial charge in [0.25, 0.3) is 0 Å². The highest BCUT2D eigenvalue weighted by atomic mass is 32.2. The molecule has 4 heteroatoms. The third kappa shape index (κ3) is 1.91. The molecule has 3 aliphatic heterocycles. The maximum atomic E-state index is 10.8. The van der Waals surface area contributed by atoms with Crippen molar-refractivity contribution in [2.75, 3.05) is 13.1 Å². The van der Waals surface area contributed by atoms with E-state index in [4.69, 9.17) is 4.18 Å². The van der Waals surface area contributed by atoms with Gasteiger partial charge in [-0.1, -0.05) is 0 Å². The number of carbonyl (C=O) groups is 1. The highest BCUT2D eigenvalue weighted by molar-refractivity contribution is 7.96. The Bertz CT molecular complexity index is 238. The predicted octanol–water partition coefficient (Wildman–Crippen LogP) is 2.03. The van der Waals surface area contributed by atoms with Crippen molar-refractivity contribution >= 4 is 18.0 Å². The molecule has 0 aromatic heterocycles. The molecular weight excluding hydrogens is 198 g/mol. The van der Waals surface area contributed by atoms with Gasteiger partial charge in [0.15, 0.2) is 0 Å². The van der Waals surface area contributed by atoms with Crippen molar-refractivity contribution in [3.05, 3.63) is 0 Å². The van der Waals surface area contributed by atoms with E-state index in [1.165, 1.54) is 31.8 Å². The van der Waals surface area contributed by atoms with Crippen LogP contribution in [-0.4, -0.2) is 28.8 Å². The maximum absolute atomic E-state index is 10.8. The van der Waals surface area contributed by atoms with E-state index >= 15 is 0 Å². The van der Waals surface area contributed by atoms with Gasteiger partial charge in [-0.3, -0.25) is 9.69 Å². The Balaban J connectivity index is 1.97. The summed E-state index contributed by atoms with van der Waals surface area (Å²) in [5, 5.41) is 0. The van der Waals surface area contributed by atoms with Crippen LogP contribution >= 0.6 is 12.0 Å². The van der Waals surface area contributed by atoms with E-state index in [9.17, 15) is 4.79 Å². The van der Waals surface area contributed by atoms with Crippen LogP contribution in [0, 0.1) is 5.92 Å². The van der Waals surface area contributed by atoms with Crippen molar-refractivity contribution in [3.8, 4) is 0 Å².